The van der Waals surface area contributed by atoms with Crippen molar-refractivity contribution in [3.63, 3.8) is 0 Å². The molecule has 5 rings (SSSR count). The van der Waals surface area contributed by atoms with Gasteiger partial charge in [-0.25, -0.2) is 0 Å². The maximum atomic E-state index is 12.8. The van der Waals surface area contributed by atoms with Crippen molar-refractivity contribution in [1.82, 2.24) is 0 Å². The van der Waals surface area contributed by atoms with Gasteiger partial charge in [-0.05, 0) is 46.5 Å². The number of fused-ring (bicyclic) bond motifs is 3. The van der Waals surface area contributed by atoms with E-state index in [4.69, 9.17) is 23.7 Å². The van der Waals surface area contributed by atoms with Gasteiger partial charge in [-0.1, -0.05) is 5.11 Å². The number of phenolic OH excluding ortho intramolecular Hbond substituents is 1. The highest BCUT2D eigenvalue weighted by atomic mass is 16.7. The Kier molecular flexibility index (Phi) is 4.44. The van der Waals surface area contributed by atoms with Crippen LogP contribution in [0.2, 0.25) is 0 Å². The smallest absolute Gasteiger partial charge is 0.310 e. The summed E-state index contributed by atoms with van der Waals surface area (Å²) in [7, 11) is 2.88. The van der Waals surface area contributed by atoms with Crippen LogP contribution in [0.25, 0.3) is 10.4 Å². The number of hydrogen-bond donors (Lipinski definition) is 1. The minimum atomic E-state index is -0.595. The highest BCUT2D eigenvalue weighted by Crippen LogP contribution is 2.56. The van der Waals surface area contributed by atoms with E-state index in [1.54, 1.807) is 18.2 Å². The van der Waals surface area contributed by atoms with E-state index in [2.05, 4.69) is 10.0 Å². The summed E-state index contributed by atoms with van der Waals surface area (Å²) < 4.78 is 27.1. The van der Waals surface area contributed by atoms with Gasteiger partial charge in [0.05, 0.1) is 32.8 Å². The molecule has 2 aromatic carbocycles. The molecular formula is C21H19N3O7. The van der Waals surface area contributed by atoms with E-state index in [-0.39, 0.29) is 42.5 Å². The van der Waals surface area contributed by atoms with Gasteiger partial charge in [-0.3, -0.25) is 4.79 Å². The van der Waals surface area contributed by atoms with E-state index in [1.807, 2.05) is 6.07 Å². The van der Waals surface area contributed by atoms with Crippen LogP contribution >= 0.6 is 0 Å². The van der Waals surface area contributed by atoms with Crippen molar-refractivity contribution in [3.05, 3.63) is 51.4 Å². The highest BCUT2D eigenvalue weighted by molar-refractivity contribution is 5.79. The molecule has 0 spiro atoms. The van der Waals surface area contributed by atoms with Crippen molar-refractivity contribution in [1.29, 1.82) is 0 Å². The normalized spacial score (nSPS) is 25.2. The monoisotopic (exact) mass is 425 g/mol. The first-order valence-electron chi connectivity index (χ1n) is 9.66. The lowest BCUT2D eigenvalue weighted by Crippen LogP contribution is -2.34. The Balaban J connectivity index is 1.78. The van der Waals surface area contributed by atoms with E-state index in [1.165, 1.54) is 14.2 Å². The van der Waals surface area contributed by atoms with Gasteiger partial charge in [0, 0.05) is 16.7 Å². The lowest BCUT2D eigenvalue weighted by Gasteiger charge is -2.37. The van der Waals surface area contributed by atoms with Gasteiger partial charge in [-0.2, -0.15) is 0 Å². The number of ether oxygens (including phenoxy) is 5. The summed E-state index contributed by atoms with van der Waals surface area (Å²) in [4.78, 5) is 15.9. The van der Waals surface area contributed by atoms with Gasteiger partial charge in [-0.15, -0.1) is 0 Å². The van der Waals surface area contributed by atoms with Gasteiger partial charge >= 0.3 is 5.97 Å². The first kappa shape index (κ1) is 19.2. The molecular weight excluding hydrogens is 406 g/mol. The number of benzene rings is 2. The van der Waals surface area contributed by atoms with Crippen molar-refractivity contribution in [2.45, 2.75) is 12.0 Å². The standard InChI is InChI=1S/C21H19N3O7/c1-27-15-3-9(4-16(28-2)20(15)25)17-10-5-13-14(31-8-30-13)6-11(10)19(23-24-22)12-7-29-21(26)18(12)17/h3-6,12,17-19,25H,7-8H2,1-2H3/t12-,17+,18-,19?/m0/s1. The number of nitrogens with zero attached hydrogens (tertiary/aromatic N) is 3. The molecule has 2 aromatic rings. The first-order chi connectivity index (χ1) is 15.1. The zero-order chi connectivity index (χ0) is 21.7. The number of esters is 1. The Hall–Kier alpha value is -3.78. The summed E-state index contributed by atoms with van der Waals surface area (Å²) in [6.45, 7) is 0.231. The average molecular weight is 425 g/mol. The number of cyclic esters (lactones) is 1. The minimum absolute atomic E-state index is 0.0881. The van der Waals surface area contributed by atoms with Gasteiger partial charge in [0.25, 0.3) is 0 Å². The summed E-state index contributed by atoms with van der Waals surface area (Å²) in [5, 5.41) is 14.4. The average Bonchev–Trinajstić information content (AvgIpc) is 3.39. The SMILES string of the molecule is COc1cc([C@@H]2c3cc4c(cc3C(N=[N+]=[N-])[C@H]3COC(=O)[C@H]23)OCO4)cc(OC)c1O. The molecule has 2 aliphatic heterocycles. The van der Waals surface area contributed by atoms with Crippen LogP contribution in [0.3, 0.4) is 0 Å². The van der Waals surface area contributed by atoms with Crippen molar-refractivity contribution in [2.75, 3.05) is 27.6 Å². The molecule has 0 bridgehead atoms. The highest BCUT2D eigenvalue weighted by Gasteiger charge is 2.52. The summed E-state index contributed by atoms with van der Waals surface area (Å²) >= 11 is 0. The molecule has 1 fully saturated rings. The molecule has 4 atom stereocenters. The van der Waals surface area contributed by atoms with Crippen LogP contribution in [0.15, 0.2) is 29.4 Å². The Bertz CT molecular complexity index is 1100. The van der Waals surface area contributed by atoms with Crippen LogP contribution in [0.4, 0.5) is 0 Å². The summed E-state index contributed by atoms with van der Waals surface area (Å²) in [6.07, 6.45) is 0. The minimum Gasteiger partial charge on any atom is -0.502 e. The molecule has 1 N–H and O–H groups in total. The van der Waals surface area contributed by atoms with Gasteiger partial charge in [0.1, 0.15) is 0 Å². The summed E-state index contributed by atoms with van der Waals surface area (Å²) in [5.41, 5.74) is 11.4. The zero-order valence-corrected chi connectivity index (χ0v) is 16.8. The number of azide groups is 1. The molecule has 0 aromatic heterocycles. The van der Waals surface area contributed by atoms with Crippen LogP contribution < -0.4 is 18.9 Å². The number of phenols is 1. The van der Waals surface area contributed by atoms with Crippen molar-refractivity contribution in [2.24, 2.45) is 17.0 Å². The fourth-order valence-corrected chi connectivity index (χ4v) is 4.83. The quantitative estimate of drug-likeness (QED) is 0.343. The third kappa shape index (κ3) is 2.79. The zero-order valence-electron chi connectivity index (χ0n) is 16.8. The van der Waals surface area contributed by atoms with Crippen LogP contribution in [0, 0.1) is 11.8 Å². The largest absolute Gasteiger partial charge is 0.502 e. The number of methoxy groups -OCH3 is 2. The molecule has 160 valence electrons. The number of carbonyl (C=O) groups is 1. The van der Waals surface area contributed by atoms with Crippen molar-refractivity contribution in [3.8, 4) is 28.7 Å². The first-order valence-corrected chi connectivity index (χ1v) is 9.66. The number of rotatable bonds is 4. The third-order valence-electron chi connectivity index (χ3n) is 6.19. The van der Waals surface area contributed by atoms with E-state index in [0.29, 0.717) is 17.1 Å². The molecule has 2 heterocycles. The molecule has 10 heteroatoms. The van der Waals surface area contributed by atoms with Crippen LogP contribution in [0.5, 0.6) is 28.7 Å². The van der Waals surface area contributed by atoms with Gasteiger partial charge in [0.15, 0.2) is 23.0 Å². The fourth-order valence-electron chi connectivity index (χ4n) is 4.83. The van der Waals surface area contributed by atoms with E-state index >= 15 is 0 Å². The molecule has 0 amide bonds. The summed E-state index contributed by atoms with van der Waals surface area (Å²) in [5.74, 6) is -0.373. The number of aromatic hydroxyl groups is 1. The second-order valence-electron chi connectivity index (χ2n) is 7.56. The Morgan fingerprint density at radius 3 is 2.32 bits per heavy atom. The lowest BCUT2D eigenvalue weighted by atomic mass is 9.65. The molecule has 3 aliphatic rings. The molecule has 0 saturated carbocycles. The van der Waals surface area contributed by atoms with E-state index in [0.717, 1.165) is 11.1 Å². The molecule has 1 aliphatic carbocycles. The van der Waals surface area contributed by atoms with Gasteiger partial charge in [0.2, 0.25) is 12.5 Å². The van der Waals surface area contributed by atoms with Gasteiger partial charge < -0.3 is 28.8 Å². The topological polar surface area (TPSA) is 132 Å². The predicted octanol–water partition coefficient (Wildman–Crippen LogP) is 3.42. The second-order valence-corrected chi connectivity index (χ2v) is 7.56. The molecule has 1 saturated heterocycles. The Labute approximate surface area is 176 Å². The van der Waals surface area contributed by atoms with Crippen molar-refractivity contribution < 1.29 is 33.6 Å². The lowest BCUT2D eigenvalue weighted by molar-refractivity contribution is -0.141. The summed E-state index contributed by atoms with van der Waals surface area (Å²) in [6, 6.07) is 6.37. The Morgan fingerprint density at radius 1 is 1.06 bits per heavy atom. The van der Waals surface area contributed by atoms with Crippen LogP contribution in [-0.2, 0) is 9.53 Å². The molecule has 31 heavy (non-hydrogen) atoms. The maximum Gasteiger partial charge on any atom is 0.310 e. The Morgan fingerprint density at radius 2 is 1.71 bits per heavy atom. The molecule has 0 radical (unpaired) electrons. The number of carbonyl (C=O) groups excluding carboxylic acids is 1. The van der Waals surface area contributed by atoms with Crippen LogP contribution in [-0.4, -0.2) is 38.7 Å². The van der Waals surface area contributed by atoms with E-state index < -0.39 is 17.9 Å². The second kappa shape index (κ2) is 7.17. The molecule has 1 unspecified atom stereocenters. The maximum absolute atomic E-state index is 12.8. The predicted molar refractivity (Wildman–Crippen MR) is 105 cm³/mol. The molecule has 10 nitrogen and oxygen atoms in total. The third-order valence-corrected chi connectivity index (χ3v) is 6.19. The van der Waals surface area contributed by atoms with Crippen LogP contribution in [0.1, 0.15) is 28.7 Å². The van der Waals surface area contributed by atoms with E-state index in [9.17, 15) is 15.4 Å². The van der Waals surface area contributed by atoms with Crippen molar-refractivity contribution >= 4 is 5.97 Å². The fraction of sp³-hybridized carbons (Fsp3) is 0.381. The number of hydrogen-bond acceptors (Lipinski definition) is 8.